The van der Waals surface area contributed by atoms with Crippen LogP contribution in [0.3, 0.4) is 0 Å². The molecule has 0 bridgehead atoms. The molecule has 1 rings (SSSR count). The average Bonchev–Trinajstić information content (AvgIpc) is 2.58. The van der Waals surface area contributed by atoms with Gasteiger partial charge in [-0.3, -0.25) is 4.79 Å². The Morgan fingerprint density at radius 2 is 2.29 bits per heavy atom. The maximum absolute atomic E-state index is 11.4. The summed E-state index contributed by atoms with van der Waals surface area (Å²) in [5.41, 5.74) is 0. The number of ether oxygens (including phenoxy) is 1. The second kappa shape index (κ2) is 6.14. The minimum atomic E-state index is 0.347. The molecule has 1 aliphatic rings. The highest BCUT2D eigenvalue weighted by atomic mass is 16.5. The molecule has 14 heavy (non-hydrogen) atoms. The van der Waals surface area contributed by atoms with Crippen molar-refractivity contribution in [3.8, 4) is 0 Å². The number of hydrogen-bond donors (Lipinski definition) is 0. The molecule has 0 aromatic rings. The Kier molecular flexibility index (Phi) is 5.12. The Hall–Kier alpha value is -0.410. The summed E-state index contributed by atoms with van der Waals surface area (Å²) in [5, 5.41) is 0. The predicted molar refractivity (Wildman–Crippen MR) is 56.3 cm³/mol. The number of nitrogens with zero attached hydrogens (tertiary/aromatic N) is 1. The van der Waals surface area contributed by atoms with Crippen LogP contribution in [-0.4, -0.2) is 44.5 Å². The van der Waals surface area contributed by atoms with Gasteiger partial charge >= 0.3 is 0 Å². The summed E-state index contributed by atoms with van der Waals surface area (Å²) in [6.07, 6.45) is 4.05. The van der Waals surface area contributed by atoms with E-state index in [0.29, 0.717) is 11.7 Å². The zero-order valence-electron chi connectivity index (χ0n) is 9.29. The van der Waals surface area contributed by atoms with Crippen LogP contribution < -0.4 is 0 Å². The summed E-state index contributed by atoms with van der Waals surface area (Å²) in [6.45, 7) is 2.74. The Balaban J connectivity index is 2.10. The highest BCUT2D eigenvalue weighted by molar-refractivity contribution is 5.82. The SMILES string of the molecule is COCCN(C)CCC1CCCC1=O. The molecule has 0 N–H and O–H groups in total. The number of carbonyl (C=O) groups excluding carboxylic acids is 1. The van der Waals surface area contributed by atoms with Gasteiger partial charge in [0.05, 0.1) is 6.61 Å². The fourth-order valence-electron chi connectivity index (χ4n) is 1.93. The first-order valence-electron chi connectivity index (χ1n) is 5.44. The first kappa shape index (κ1) is 11.7. The van der Waals surface area contributed by atoms with E-state index in [4.69, 9.17) is 4.74 Å². The van der Waals surface area contributed by atoms with Crippen LogP contribution in [0.25, 0.3) is 0 Å². The molecule has 0 spiro atoms. The highest BCUT2D eigenvalue weighted by Crippen LogP contribution is 2.24. The lowest BCUT2D eigenvalue weighted by molar-refractivity contribution is -0.120. The molecule has 0 heterocycles. The van der Waals surface area contributed by atoms with Crippen molar-refractivity contribution < 1.29 is 9.53 Å². The van der Waals surface area contributed by atoms with E-state index in [0.717, 1.165) is 45.4 Å². The van der Waals surface area contributed by atoms with Gasteiger partial charge in [-0.1, -0.05) is 0 Å². The van der Waals surface area contributed by atoms with Crippen molar-refractivity contribution in [1.82, 2.24) is 4.90 Å². The monoisotopic (exact) mass is 199 g/mol. The second-order valence-electron chi connectivity index (χ2n) is 4.14. The number of ketones is 1. The van der Waals surface area contributed by atoms with Crippen LogP contribution in [-0.2, 0) is 9.53 Å². The standard InChI is InChI=1S/C11H21NO2/c1-12(8-9-14-2)7-6-10-4-3-5-11(10)13/h10H,3-9H2,1-2H3. The van der Waals surface area contributed by atoms with Crippen LogP contribution in [0.4, 0.5) is 0 Å². The predicted octanol–water partition coefficient (Wildman–Crippen LogP) is 1.32. The van der Waals surface area contributed by atoms with Gasteiger partial charge in [0, 0.05) is 26.0 Å². The van der Waals surface area contributed by atoms with Gasteiger partial charge in [-0.15, -0.1) is 0 Å². The van der Waals surface area contributed by atoms with E-state index in [1.807, 2.05) is 0 Å². The second-order valence-corrected chi connectivity index (χ2v) is 4.14. The van der Waals surface area contributed by atoms with E-state index in [1.165, 1.54) is 0 Å². The number of likely N-dealkylation sites (N-methyl/N-ethyl adjacent to an activating group) is 1. The highest BCUT2D eigenvalue weighted by Gasteiger charge is 2.23. The molecule has 1 unspecified atom stereocenters. The lowest BCUT2D eigenvalue weighted by atomic mass is 10.0. The summed E-state index contributed by atoms with van der Waals surface area (Å²) >= 11 is 0. The molecule has 0 amide bonds. The molecule has 3 nitrogen and oxygen atoms in total. The molecule has 1 aliphatic carbocycles. The van der Waals surface area contributed by atoms with Gasteiger partial charge in [-0.05, 0) is 32.9 Å². The van der Waals surface area contributed by atoms with E-state index >= 15 is 0 Å². The van der Waals surface area contributed by atoms with Crippen molar-refractivity contribution in [2.24, 2.45) is 5.92 Å². The molecular weight excluding hydrogens is 178 g/mol. The van der Waals surface area contributed by atoms with Gasteiger partial charge in [-0.2, -0.15) is 0 Å². The maximum Gasteiger partial charge on any atom is 0.136 e. The minimum absolute atomic E-state index is 0.347. The molecule has 82 valence electrons. The average molecular weight is 199 g/mol. The van der Waals surface area contributed by atoms with Crippen molar-refractivity contribution in [2.75, 3.05) is 33.9 Å². The molecule has 0 aromatic heterocycles. The van der Waals surface area contributed by atoms with Crippen molar-refractivity contribution >= 4 is 5.78 Å². The zero-order valence-corrected chi connectivity index (χ0v) is 9.29. The van der Waals surface area contributed by atoms with E-state index in [2.05, 4.69) is 11.9 Å². The Morgan fingerprint density at radius 1 is 1.50 bits per heavy atom. The lowest BCUT2D eigenvalue weighted by Crippen LogP contribution is -2.26. The van der Waals surface area contributed by atoms with E-state index in [-0.39, 0.29) is 0 Å². The summed E-state index contributed by atoms with van der Waals surface area (Å²) in [4.78, 5) is 13.6. The van der Waals surface area contributed by atoms with Crippen LogP contribution in [0.5, 0.6) is 0 Å². The Morgan fingerprint density at radius 3 is 2.86 bits per heavy atom. The van der Waals surface area contributed by atoms with Crippen LogP contribution in [0.1, 0.15) is 25.7 Å². The van der Waals surface area contributed by atoms with Gasteiger partial charge in [-0.25, -0.2) is 0 Å². The lowest BCUT2D eigenvalue weighted by Gasteiger charge is -2.17. The quantitative estimate of drug-likeness (QED) is 0.646. The third-order valence-corrected chi connectivity index (χ3v) is 2.97. The Bertz CT molecular complexity index is 182. The van der Waals surface area contributed by atoms with Gasteiger partial charge in [0.1, 0.15) is 5.78 Å². The van der Waals surface area contributed by atoms with E-state index < -0.39 is 0 Å². The summed E-state index contributed by atoms with van der Waals surface area (Å²) in [5.74, 6) is 0.824. The first-order chi connectivity index (χ1) is 6.74. The molecule has 0 radical (unpaired) electrons. The van der Waals surface area contributed by atoms with Crippen molar-refractivity contribution in [3.05, 3.63) is 0 Å². The van der Waals surface area contributed by atoms with E-state index in [1.54, 1.807) is 7.11 Å². The smallest absolute Gasteiger partial charge is 0.136 e. The third-order valence-electron chi connectivity index (χ3n) is 2.97. The fraction of sp³-hybridized carbons (Fsp3) is 0.909. The number of carbonyl (C=O) groups is 1. The topological polar surface area (TPSA) is 29.5 Å². The summed E-state index contributed by atoms with van der Waals surface area (Å²) in [7, 11) is 3.80. The van der Waals surface area contributed by atoms with Crippen LogP contribution in [0.15, 0.2) is 0 Å². The van der Waals surface area contributed by atoms with E-state index in [9.17, 15) is 4.79 Å². The molecule has 0 aliphatic heterocycles. The molecular formula is C11H21NO2. The summed E-state index contributed by atoms with van der Waals surface area (Å²) in [6, 6.07) is 0. The molecule has 1 atom stereocenters. The van der Waals surface area contributed by atoms with Crippen molar-refractivity contribution in [2.45, 2.75) is 25.7 Å². The minimum Gasteiger partial charge on any atom is -0.383 e. The molecule has 0 saturated heterocycles. The molecule has 1 saturated carbocycles. The van der Waals surface area contributed by atoms with Gasteiger partial charge in [0.2, 0.25) is 0 Å². The van der Waals surface area contributed by atoms with Crippen molar-refractivity contribution in [1.29, 1.82) is 0 Å². The number of hydrogen-bond acceptors (Lipinski definition) is 3. The maximum atomic E-state index is 11.4. The van der Waals surface area contributed by atoms with Gasteiger partial charge < -0.3 is 9.64 Å². The zero-order chi connectivity index (χ0) is 10.4. The molecule has 3 heteroatoms. The van der Waals surface area contributed by atoms with Crippen LogP contribution in [0.2, 0.25) is 0 Å². The van der Waals surface area contributed by atoms with Crippen LogP contribution >= 0.6 is 0 Å². The normalized spacial score (nSPS) is 22.2. The largest absolute Gasteiger partial charge is 0.383 e. The first-order valence-corrected chi connectivity index (χ1v) is 5.44. The Labute approximate surface area is 86.4 Å². The summed E-state index contributed by atoms with van der Waals surface area (Å²) < 4.78 is 5.00. The van der Waals surface area contributed by atoms with Crippen molar-refractivity contribution in [3.63, 3.8) is 0 Å². The molecule has 1 fully saturated rings. The molecule has 0 aromatic carbocycles. The van der Waals surface area contributed by atoms with Gasteiger partial charge in [0.25, 0.3) is 0 Å². The van der Waals surface area contributed by atoms with Crippen LogP contribution in [0, 0.1) is 5.92 Å². The van der Waals surface area contributed by atoms with Gasteiger partial charge in [0.15, 0.2) is 0 Å². The number of methoxy groups -OCH3 is 1. The third kappa shape index (κ3) is 3.76. The number of rotatable bonds is 6. The number of Topliss-reactive ketones (excluding diaryl/α,β-unsaturated/α-hetero) is 1. The fourth-order valence-corrected chi connectivity index (χ4v) is 1.93.